The molecular weight excluding hydrogens is 733 g/mol. The van der Waals surface area contributed by atoms with Gasteiger partial charge in [0.25, 0.3) is 0 Å². The molecule has 0 N–H and O–H groups in total. The van der Waals surface area contributed by atoms with Crippen LogP contribution in [0.15, 0.2) is 66.3 Å². The molecule has 0 aromatic heterocycles. The summed E-state index contributed by atoms with van der Waals surface area (Å²) >= 11 is 0. The van der Waals surface area contributed by atoms with Crippen LogP contribution in [0.5, 0.6) is 0 Å². The van der Waals surface area contributed by atoms with Crippen molar-refractivity contribution in [3.63, 3.8) is 0 Å². The largest absolute Gasteiger partial charge is 0.457 e. The lowest BCUT2D eigenvalue weighted by Gasteiger charge is -2.40. The number of carbonyl (C=O) groups is 1. The van der Waals surface area contributed by atoms with Gasteiger partial charge in [0.2, 0.25) is 0 Å². The number of esters is 1. The summed E-state index contributed by atoms with van der Waals surface area (Å²) in [6.45, 7) is 35.9. The van der Waals surface area contributed by atoms with Crippen LogP contribution in [0.1, 0.15) is 127 Å². The summed E-state index contributed by atoms with van der Waals surface area (Å²) in [7, 11) is -4.05. The molecule has 0 amide bonds. The maximum atomic E-state index is 13.8. The van der Waals surface area contributed by atoms with E-state index in [-0.39, 0.29) is 58.9 Å². The molecule has 0 radical (unpaired) electrons. The number of allylic oxidation sites excluding steroid dienone is 3. The molecule has 0 aliphatic carbocycles. The van der Waals surface area contributed by atoms with Crippen molar-refractivity contribution in [3.05, 3.63) is 71.8 Å². The van der Waals surface area contributed by atoms with E-state index in [2.05, 4.69) is 140 Å². The highest BCUT2D eigenvalue weighted by molar-refractivity contribution is 6.74. The lowest BCUT2D eigenvalue weighted by atomic mass is 9.89. The Morgan fingerprint density at radius 1 is 0.982 bits per heavy atom. The third-order valence-electron chi connectivity index (χ3n) is 13.5. The van der Waals surface area contributed by atoms with Gasteiger partial charge >= 0.3 is 5.97 Å². The molecule has 7 nitrogen and oxygen atoms in total. The molecule has 0 spiro atoms. The lowest BCUT2D eigenvalue weighted by molar-refractivity contribution is -0.151. The standard InChI is InChI=1S/C47H78O7Si2/c1-17-38(54-56(15,16)46(9,10)11)35(5)43-39(49-43)30-32(2)22-21-23-33(3)42-34(4)26-27-40-47(12,52-44(50-40)36-24-19-18-20-25-36)29-28-37(31-41(48)51-42)53-55(13,14)45(6,7)8/h18-27,32,34-35,37-40,42-44H,17,28-31H2,1-16H3/b22-21+,27-26+,33-23+/t32-,34+,35-,37-,38+,39-,40+,42-,43-,44?,47-/m1/s1. The van der Waals surface area contributed by atoms with E-state index >= 15 is 0 Å². The van der Waals surface area contributed by atoms with Crippen LogP contribution in [0.3, 0.4) is 0 Å². The molecule has 11 atom stereocenters. The van der Waals surface area contributed by atoms with Gasteiger partial charge in [0.05, 0.1) is 30.3 Å². The first-order valence-electron chi connectivity index (χ1n) is 21.5. The van der Waals surface area contributed by atoms with Crippen molar-refractivity contribution in [2.75, 3.05) is 0 Å². The Kier molecular flexibility index (Phi) is 15.6. The van der Waals surface area contributed by atoms with Crippen LogP contribution < -0.4 is 0 Å². The average molecular weight is 811 g/mol. The van der Waals surface area contributed by atoms with E-state index in [9.17, 15) is 4.79 Å². The second-order valence-electron chi connectivity index (χ2n) is 20.5. The van der Waals surface area contributed by atoms with Crippen molar-refractivity contribution in [1.29, 1.82) is 0 Å². The topological polar surface area (TPSA) is 75.8 Å². The minimum Gasteiger partial charge on any atom is -0.457 e. The van der Waals surface area contributed by atoms with Gasteiger partial charge in [0.1, 0.15) is 12.2 Å². The average Bonchev–Trinajstić information content (AvgIpc) is 3.78. The summed E-state index contributed by atoms with van der Waals surface area (Å²) < 4.78 is 39.8. The number of carbonyl (C=O) groups excluding carboxylic acids is 1. The van der Waals surface area contributed by atoms with E-state index in [1.54, 1.807) is 0 Å². The quantitative estimate of drug-likeness (QED) is 0.0645. The zero-order chi connectivity index (χ0) is 41.9. The van der Waals surface area contributed by atoms with Crippen LogP contribution in [0, 0.1) is 17.8 Å². The van der Waals surface area contributed by atoms with Crippen molar-refractivity contribution in [2.45, 2.75) is 200 Å². The third kappa shape index (κ3) is 12.1. The maximum absolute atomic E-state index is 13.8. The number of ether oxygens (including phenoxy) is 4. The van der Waals surface area contributed by atoms with Gasteiger partial charge in [-0.3, -0.25) is 4.79 Å². The lowest BCUT2D eigenvalue weighted by Crippen LogP contribution is -2.46. The third-order valence-corrected chi connectivity index (χ3v) is 22.5. The SMILES string of the molecule is CC[C@H](O[Si](C)(C)C(C)(C)C)[C@@H](C)[C@H]1O[C@@H]1C[C@H](C)/C=C/C=C(\C)[C@H]1OC(=O)C[C@H](O[Si](C)(C)C(C)(C)C)CC[C@@]2(C)OC(c3ccccc3)O[C@H]2/C=C/[C@@H]1C. The number of fused-ring (bicyclic) bond motifs is 1. The van der Waals surface area contributed by atoms with Crippen LogP contribution in [0.2, 0.25) is 36.3 Å². The molecule has 1 aromatic rings. The van der Waals surface area contributed by atoms with Crippen molar-refractivity contribution >= 4 is 22.6 Å². The van der Waals surface area contributed by atoms with Gasteiger partial charge < -0.3 is 27.8 Å². The van der Waals surface area contributed by atoms with Gasteiger partial charge in [-0.2, -0.15) is 0 Å². The number of cyclic esters (lactones) is 1. The summed E-state index contributed by atoms with van der Waals surface area (Å²) in [5.74, 6) is 0.372. The summed E-state index contributed by atoms with van der Waals surface area (Å²) in [5, 5.41) is 0.186. The first-order valence-corrected chi connectivity index (χ1v) is 27.3. The number of hydrogen-bond donors (Lipinski definition) is 0. The highest BCUT2D eigenvalue weighted by Gasteiger charge is 2.49. The van der Waals surface area contributed by atoms with E-state index in [4.69, 9.17) is 27.8 Å². The Labute approximate surface area is 343 Å². The number of hydrogen-bond acceptors (Lipinski definition) is 7. The van der Waals surface area contributed by atoms with Gasteiger partial charge in [0, 0.05) is 23.5 Å². The highest BCUT2D eigenvalue weighted by atomic mass is 28.4. The first kappa shape index (κ1) is 46.8. The van der Waals surface area contributed by atoms with E-state index in [0.717, 1.165) is 24.0 Å². The molecule has 316 valence electrons. The molecule has 4 rings (SSSR count). The van der Waals surface area contributed by atoms with E-state index < -0.39 is 34.6 Å². The zero-order valence-electron chi connectivity index (χ0n) is 37.9. The summed E-state index contributed by atoms with van der Waals surface area (Å²) in [6.07, 6.45) is 13.5. The molecule has 3 heterocycles. The van der Waals surface area contributed by atoms with Crippen LogP contribution in [0.4, 0.5) is 0 Å². The van der Waals surface area contributed by atoms with Crippen molar-refractivity contribution in [1.82, 2.24) is 0 Å². The Bertz CT molecular complexity index is 1520. The molecule has 2 saturated heterocycles. The fraction of sp³-hybridized carbons (Fsp3) is 0.723. The zero-order valence-corrected chi connectivity index (χ0v) is 39.9. The Morgan fingerprint density at radius 2 is 1.62 bits per heavy atom. The molecule has 1 aromatic carbocycles. The van der Waals surface area contributed by atoms with Gasteiger partial charge in [-0.25, -0.2) is 0 Å². The van der Waals surface area contributed by atoms with Crippen molar-refractivity contribution < 1.29 is 32.6 Å². The number of epoxide rings is 1. The fourth-order valence-electron chi connectivity index (χ4n) is 7.51. The Morgan fingerprint density at radius 3 is 2.23 bits per heavy atom. The molecule has 3 aliphatic heterocycles. The molecule has 2 fully saturated rings. The summed E-state index contributed by atoms with van der Waals surface area (Å²) in [6, 6.07) is 10.1. The predicted octanol–water partition coefficient (Wildman–Crippen LogP) is 12.3. The molecular formula is C47H78O7Si2. The Balaban J connectivity index is 1.49. The number of benzene rings is 1. The maximum Gasteiger partial charge on any atom is 0.308 e. The van der Waals surface area contributed by atoms with E-state index in [1.165, 1.54) is 0 Å². The van der Waals surface area contributed by atoms with Crippen LogP contribution >= 0.6 is 0 Å². The normalized spacial score (nSPS) is 32.2. The molecule has 3 aliphatic rings. The van der Waals surface area contributed by atoms with Crippen LogP contribution in [-0.2, 0) is 32.6 Å². The monoisotopic (exact) mass is 811 g/mol. The van der Waals surface area contributed by atoms with Crippen molar-refractivity contribution in [3.8, 4) is 0 Å². The van der Waals surface area contributed by atoms with Gasteiger partial charge in [-0.15, -0.1) is 0 Å². The minimum absolute atomic E-state index is 0.00279. The second-order valence-corrected chi connectivity index (χ2v) is 30.0. The van der Waals surface area contributed by atoms with E-state index in [0.29, 0.717) is 24.7 Å². The van der Waals surface area contributed by atoms with E-state index in [1.807, 2.05) is 30.3 Å². The van der Waals surface area contributed by atoms with Crippen molar-refractivity contribution in [2.24, 2.45) is 17.8 Å². The molecule has 0 saturated carbocycles. The smallest absolute Gasteiger partial charge is 0.308 e. The minimum atomic E-state index is -2.19. The van der Waals surface area contributed by atoms with Gasteiger partial charge in [-0.05, 0) is 87.3 Å². The predicted molar refractivity (Wildman–Crippen MR) is 235 cm³/mol. The van der Waals surface area contributed by atoms with Gasteiger partial charge in [0.15, 0.2) is 22.9 Å². The second kappa shape index (κ2) is 18.6. The molecule has 0 bridgehead atoms. The molecule has 1 unspecified atom stereocenters. The highest BCUT2D eigenvalue weighted by Crippen LogP contribution is 2.45. The fourth-order valence-corrected chi connectivity index (χ4v) is 10.4. The molecule has 9 heteroatoms. The molecule has 56 heavy (non-hydrogen) atoms. The van der Waals surface area contributed by atoms with Gasteiger partial charge in [-0.1, -0.05) is 130 Å². The summed E-state index contributed by atoms with van der Waals surface area (Å²) in [4.78, 5) is 13.8. The summed E-state index contributed by atoms with van der Waals surface area (Å²) in [5.41, 5.74) is 1.40. The first-order chi connectivity index (χ1) is 25.9. The Hall–Kier alpha value is -1.86. The van der Waals surface area contributed by atoms with Crippen LogP contribution in [-0.4, -0.2) is 64.8 Å². The number of rotatable bonds is 13. The van der Waals surface area contributed by atoms with Crippen LogP contribution in [0.25, 0.3) is 0 Å².